The van der Waals surface area contributed by atoms with E-state index in [9.17, 15) is 4.79 Å². The quantitative estimate of drug-likeness (QED) is 0.786. The smallest absolute Gasteiger partial charge is 0.256 e. The van der Waals surface area contributed by atoms with Gasteiger partial charge in [0, 0.05) is 23.4 Å². The van der Waals surface area contributed by atoms with Crippen molar-refractivity contribution in [1.82, 2.24) is 9.88 Å². The second-order valence-electron chi connectivity index (χ2n) is 2.87. The monoisotopic (exact) mass is 267 g/mol. The molecule has 1 heterocycles. The van der Waals surface area contributed by atoms with Crippen LogP contribution in [-0.2, 0) is 0 Å². The Kier molecular flexibility index (Phi) is 4.25. The fraction of sp³-hybridized carbons (Fsp3) is 0.300. The lowest BCUT2D eigenvalue weighted by Crippen LogP contribution is -2.31. The number of hydrogen-bond donors (Lipinski definition) is 0. The summed E-state index contributed by atoms with van der Waals surface area (Å²) in [5.41, 5.74) is 0.487. The van der Waals surface area contributed by atoms with Crippen LogP contribution < -0.4 is 0 Å². The molecule has 78 valence electrons. The zero-order valence-electron chi connectivity index (χ0n) is 8.27. The Bertz CT molecular complexity index is 400. The minimum atomic E-state index is -0.173. The topological polar surface area (TPSA) is 57.0 Å². The molecule has 1 amide bonds. The molecule has 0 saturated carbocycles. The van der Waals surface area contributed by atoms with Crippen LogP contribution in [0.4, 0.5) is 0 Å². The van der Waals surface area contributed by atoms with Crippen molar-refractivity contribution in [2.45, 2.75) is 6.92 Å². The van der Waals surface area contributed by atoms with Crippen LogP contribution in [0.3, 0.4) is 0 Å². The first-order chi connectivity index (χ1) is 7.19. The number of carbonyl (C=O) groups excluding carboxylic acids is 1. The molecule has 0 saturated heterocycles. The van der Waals surface area contributed by atoms with Crippen LogP contribution in [0.1, 0.15) is 17.3 Å². The summed E-state index contributed by atoms with van der Waals surface area (Å²) in [5, 5.41) is 8.55. The third kappa shape index (κ3) is 3.03. The first-order valence-corrected chi connectivity index (χ1v) is 5.25. The van der Waals surface area contributed by atoms with E-state index in [1.54, 1.807) is 12.3 Å². The van der Waals surface area contributed by atoms with E-state index in [0.717, 1.165) is 4.47 Å². The van der Waals surface area contributed by atoms with Crippen molar-refractivity contribution in [3.8, 4) is 6.07 Å². The van der Waals surface area contributed by atoms with Crippen molar-refractivity contribution < 1.29 is 4.79 Å². The van der Waals surface area contributed by atoms with Gasteiger partial charge in [-0.15, -0.1) is 0 Å². The van der Waals surface area contributed by atoms with E-state index in [-0.39, 0.29) is 12.5 Å². The summed E-state index contributed by atoms with van der Waals surface area (Å²) in [6.45, 7) is 2.45. The third-order valence-corrected chi connectivity index (χ3v) is 2.32. The number of hydrogen-bond acceptors (Lipinski definition) is 3. The lowest BCUT2D eigenvalue weighted by Gasteiger charge is -2.16. The zero-order valence-corrected chi connectivity index (χ0v) is 9.86. The Balaban J connectivity index is 2.88. The van der Waals surface area contributed by atoms with Gasteiger partial charge in [0.15, 0.2) is 0 Å². The highest BCUT2D eigenvalue weighted by molar-refractivity contribution is 9.10. The molecule has 0 N–H and O–H groups in total. The molecule has 0 atom stereocenters. The van der Waals surface area contributed by atoms with Crippen molar-refractivity contribution in [2.75, 3.05) is 13.1 Å². The van der Waals surface area contributed by atoms with Gasteiger partial charge in [-0.2, -0.15) is 5.26 Å². The van der Waals surface area contributed by atoms with Crippen molar-refractivity contribution in [3.63, 3.8) is 0 Å². The number of nitriles is 1. The summed E-state index contributed by atoms with van der Waals surface area (Å²) >= 11 is 3.24. The molecule has 0 fully saturated rings. The highest BCUT2D eigenvalue weighted by atomic mass is 79.9. The second kappa shape index (κ2) is 5.47. The molecule has 0 aliphatic carbocycles. The second-order valence-corrected chi connectivity index (χ2v) is 3.78. The standard InChI is InChI=1S/C10H10BrN3O/c1-2-14(4-3-12)10(15)8-5-9(11)7-13-6-8/h5-7H,2,4H2,1H3. The predicted octanol–water partition coefficient (Wildman–Crippen LogP) is 1.83. The number of aromatic nitrogens is 1. The molecule has 0 aliphatic heterocycles. The maximum absolute atomic E-state index is 11.8. The van der Waals surface area contributed by atoms with E-state index in [1.807, 2.05) is 13.0 Å². The van der Waals surface area contributed by atoms with Gasteiger partial charge in [-0.25, -0.2) is 0 Å². The average molecular weight is 268 g/mol. The Morgan fingerprint density at radius 3 is 2.93 bits per heavy atom. The Hall–Kier alpha value is -1.41. The van der Waals surface area contributed by atoms with Gasteiger partial charge in [-0.05, 0) is 28.9 Å². The Labute approximate surface area is 96.7 Å². The van der Waals surface area contributed by atoms with E-state index >= 15 is 0 Å². The largest absolute Gasteiger partial charge is 0.326 e. The maximum atomic E-state index is 11.8. The molecule has 5 heteroatoms. The molecule has 0 aliphatic rings. The fourth-order valence-corrected chi connectivity index (χ4v) is 1.49. The van der Waals surface area contributed by atoms with E-state index < -0.39 is 0 Å². The summed E-state index contributed by atoms with van der Waals surface area (Å²) in [7, 11) is 0. The minimum Gasteiger partial charge on any atom is -0.326 e. The fourth-order valence-electron chi connectivity index (χ4n) is 1.12. The van der Waals surface area contributed by atoms with Crippen molar-refractivity contribution in [3.05, 3.63) is 28.5 Å². The predicted molar refractivity (Wildman–Crippen MR) is 59.1 cm³/mol. The van der Waals surface area contributed by atoms with Gasteiger partial charge in [0.05, 0.1) is 11.6 Å². The number of halogens is 1. The van der Waals surface area contributed by atoms with Gasteiger partial charge < -0.3 is 4.90 Å². The summed E-state index contributed by atoms with van der Waals surface area (Å²) in [6, 6.07) is 3.65. The lowest BCUT2D eigenvalue weighted by atomic mass is 10.2. The van der Waals surface area contributed by atoms with Crippen LogP contribution in [0.15, 0.2) is 22.9 Å². The molecule has 15 heavy (non-hydrogen) atoms. The molecular formula is C10H10BrN3O. The molecular weight excluding hydrogens is 258 g/mol. The van der Waals surface area contributed by atoms with Gasteiger partial charge in [0.2, 0.25) is 0 Å². The van der Waals surface area contributed by atoms with E-state index in [1.165, 1.54) is 11.1 Å². The SMILES string of the molecule is CCN(CC#N)C(=O)c1cncc(Br)c1. The molecule has 1 aromatic rings. The average Bonchev–Trinajstić information content (AvgIpc) is 2.25. The van der Waals surface area contributed by atoms with Gasteiger partial charge in [-0.1, -0.05) is 0 Å². The van der Waals surface area contributed by atoms with Gasteiger partial charge >= 0.3 is 0 Å². The van der Waals surface area contributed by atoms with Crippen LogP contribution in [0, 0.1) is 11.3 Å². The van der Waals surface area contributed by atoms with Gasteiger partial charge in [-0.3, -0.25) is 9.78 Å². The first kappa shape index (κ1) is 11.7. The molecule has 4 nitrogen and oxygen atoms in total. The van der Waals surface area contributed by atoms with E-state index in [0.29, 0.717) is 12.1 Å². The third-order valence-electron chi connectivity index (χ3n) is 1.88. The van der Waals surface area contributed by atoms with Gasteiger partial charge in [0.1, 0.15) is 6.54 Å². The molecule has 0 bridgehead atoms. The highest BCUT2D eigenvalue weighted by Crippen LogP contribution is 2.11. The lowest BCUT2D eigenvalue weighted by molar-refractivity contribution is 0.0783. The van der Waals surface area contributed by atoms with E-state index in [4.69, 9.17) is 5.26 Å². The normalized spacial score (nSPS) is 9.40. The number of carbonyl (C=O) groups is 1. The molecule has 1 rings (SSSR count). The first-order valence-electron chi connectivity index (χ1n) is 4.45. The number of rotatable bonds is 3. The number of pyridine rings is 1. The van der Waals surface area contributed by atoms with E-state index in [2.05, 4.69) is 20.9 Å². The molecule has 1 aromatic heterocycles. The Morgan fingerprint density at radius 1 is 1.67 bits per heavy atom. The molecule has 0 spiro atoms. The van der Waals surface area contributed by atoms with Crippen molar-refractivity contribution >= 4 is 21.8 Å². The zero-order chi connectivity index (χ0) is 11.3. The molecule has 0 aromatic carbocycles. The summed E-state index contributed by atoms with van der Waals surface area (Å²) in [5.74, 6) is -0.173. The summed E-state index contributed by atoms with van der Waals surface area (Å²) < 4.78 is 0.751. The summed E-state index contributed by atoms with van der Waals surface area (Å²) in [6.07, 6.45) is 3.10. The van der Waals surface area contributed by atoms with Crippen LogP contribution >= 0.6 is 15.9 Å². The van der Waals surface area contributed by atoms with Crippen molar-refractivity contribution in [1.29, 1.82) is 5.26 Å². The van der Waals surface area contributed by atoms with Crippen LogP contribution in [0.2, 0.25) is 0 Å². The Morgan fingerprint density at radius 2 is 2.40 bits per heavy atom. The molecule has 0 radical (unpaired) electrons. The number of amides is 1. The van der Waals surface area contributed by atoms with Crippen LogP contribution in [0.5, 0.6) is 0 Å². The summed E-state index contributed by atoms with van der Waals surface area (Å²) in [4.78, 5) is 17.2. The van der Waals surface area contributed by atoms with Crippen LogP contribution in [-0.4, -0.2) is 28.9 Å². The highest BCUT2D eigenvalue weighted by Gasteiger charge is 2.13. The van der Waals surface area contributed by atoms with Crippen LogP contribution in [0.25, 0.3) is 0 Å². The maximum Gasteiger partial charge on any atom is 0.256 e. The minimum absolute atomic E-state index is 0.0991. The van der Waals surface area contributed by atoms with Gasteiger partial charge in [0.25, 0.3) is 5.91 Å². The van der Waals surface area contributed by atoms with Crippen molar-refractivity contribution in [2.24, 2.45) is 0 Å². The molecule has 0 unspecified atom stereocenters. The number of nitrogens with zero attached hydrogens (tertiary/aromatic N) is 3.